The summed E-state index contributed by atoms with van der Waals surface area (Å²) >= 11 is 0. The van der Waals surface area contributed by atoms with Crippen molar-refractivity contribution in [1.82, 2.24) is 4.90 Å². The summed E-state index contributed by atoms with van der Waals surface area (Å²) in [6.07, 6.45) is 1.37. The van der Waals surface area contributed by atoms with E-state index in [9.17, 15) is 9.90 Å². The zero-order valence-electron chi connectivity index (χ0n) is 13.6. The van der Waals surface area contributed by atoms with Crippen LogP contribution in [0.1, 0.15) is 24.5 Å². The Labute approximate surface area is 137 Å². The van der Waals surface area contributed by atoms with Crippen LogP contribution in [0.25, 0.3) is 0 Å². The van der Waals surface area contributed by atoms with Crippen LogP contribution in [0, 0.1) is 0 Å². The lowest BCUT2D eigenvalue weighted by Crippen LogP contribution is -2.35. The van der Waals surface area contributed by atoms with Gasteiger partial charge in [0.1, 0.15) is 12.4 Å². The van der Waals surface area contributed by atoms with Crippen molar-refractivity contribution in [1.29, 1.82) is 0 Å². The van der Waals surface area contributed by atoms with E-state index in [1.807, 2.05) is 49.4 Å². The molecular formula is C19H23NO3. The Hall–Kier alpha value is -2.49. The first-order valence-electron chi connectivity index (χ1n) is 7.77. The molecule has 0 saturated heterocycles. The molecule has 0 aliphatic rings. The third kappa shape index (κ3) is 5.33. The highest BCUT2D eigenvalue weighted by atomic mass is 16.6. The topological polar surface area (TPSA) is 49.8 Å². The number of carbonyl (C=O) groups is 1. The van der Waals surface area contributed by atoms with Gasteiger partial charge in [-0.1, -0.05) is 42.5 Å². The molecule has 1 atom stereocenters. The van der Waals surface area contributed by atoms with Gasteiger partial charge in [0.15, 0.2) is 0 Å². The van der Waals surface area contributed by atoms with Gasteiger partial charge in [0.05, 0.1) is 0 Å². The van der Waals surface area contributed by atoms with Gasteiger partial charge in [0.2, 0.25) is 0 Å². The molecule has 4 nitrogen and oxygen atoms in total. The number of aromatic hydroxyl groups is 1. The van der Waals surface area contributed by atoms with Crippen LogP contribution < -0.4 is 0 Å². The number of rotatable bonds is 6. The Morgan fingerprint density at radius 1 is 1.09 bits per heavy atom. The second-order valence-corrected chi connectivity index (χ2v) is 5.71. The Morgan fingerprint density at radius 2 is 1.74 bits per heavy atom. The van der Waals surface area contributed by atoms with Gasteiger partial charge >= 0.3 is 6.09 Å². The molecule has 0 bridgehead atoms. The molecule has 122 valence electrons. The normalized spacial score (nSPS) is 11.7. The molecule has 0 heterocycles. The Balaban J connectivity index is 1.77. The molecule has 0 radical (unpaired) electrons. The van der Waals surface area contributed by atoms with E-state index in [0.29, 0.717) is 0 Å². The monoisotopic (exact) mass is 313 g/mol. The molecule has 0 aromatic heterocycles. The van der Waals surface area contributed by atoms with Crippen molar-refractivity contribution < 1.29 is 14.6 Å². The highest BCUT2D eigenvalue weighted by molar-refractivity contribution is 5.67. The molecule has 1 N–H and O–H groups in total. The number of ether oxygens (including phenoxy) is 1. The van der Waals surface area contributed by atoms with E-state index in [2.05, 4.69) is 0 Å². The summed E-state index contributed by atoms with van der Waals surface area (Å²) in [5, 5.41) is 9.28. The molecule has 1 unspecified atom stereocenters. The van der Waals surface area contributed by atoms with E-state index in [4.69, 9.17) is 4.74 Å². The fraction of sp³-hybridized carbons (Fsp3) is 0.316. The van der Waals surface area contributed by atoms with Crippen LogP contribution in [0.5, 0.6) is 5.75 Å². The van der Waals surface area contributed by atoms with Gasteiger partial charge in [-0.15, -0.1) is 0 Å². The lowest BCUT2D eigenvalue weighted by molar-refractivity contribution is 0.0922. The van der Waals surface area contributed by atoms with Gasteiger partial charge < -0.3 is 14.7 Å². The molecule has 23 heavy (non-hydrogen) atoms. The Kier molecular flexibility index (Phi) is 6.03. The number of phenols is 1. The van der Waals surface area contributed by atoms with E-state index in [-0.39, 0.29) is 24.5 Å². The highest BCUT2D eigenvalue weighted by Gasteiger charge is 2.17. The van der Waals surface area contributed by atoms with Crippen LogP contribution in [0.3, 0.4) is 0 Å². The van der Waals surface area contributed by atoms with Crippen molar-refractivity contribution in [3.63, 3.8) is 0 Å². The van der Waals surface area contributed by atoms with Gasteiger partial charge in [-0.25, -0.2) is 4.79 Å². The fourth-order valence-electron chi connectivity index (χ4n) is 2.23. The first-order chi connectivity index (χ1) is 11.1. The van der Waals surface area contributed by atoms with E-state index >= 15 is 0 Å². The van der Waals surface area contributed by atoms with Crippen LogP contribution in [-0.4, -0.2) is 29.2 Å². The number of hydrogen-bond acceptors (Lipinski definition) is 3. The summed E-state index contributed by atoms with van der Waals surface area (Å²) in [5.41, 5.74) is 2.12. The molecule has 2 aromatic carbocycles. The van der Waals surface area contributed by atoms with Gasteiger partial charge in [-0.05, 0) is 43.0 Å². The second-order valence-electron chi connectivity index (χ2n) is 5.71. The fourth-order valence-corrected chi connectivity index (χ4v) is 2.23. The maximum Gasteiger partial charge on any atom is 0.410 e. The van der Waals surface area contributed by atoms with Crippen LogP contribution >= 0.6 is 0 Å². The van der Waals surface area contributed by atoms with Crippen molar-refractivity contribution in [3.8, 4) is 5.75 Å². The first kappa shape index (κ1) is 16.9. The highest BCUT2D eigenvalue weighted by Crippen LogP contribution is 2.14. The molecule has 0 aliphatic carbocycles. The summed E-state index contributed by atoms with van der Waals surface area (Å²) < 4.78 is 5.33. The number of carbonyl (C=O) groups excluding carboxylic acids is 1. The van der Waals surface area contributed by atoms with Crippen molar-refractivity contribution in [2.24, 2.45) is 0 Å². The number of hydrogen-bond donors (Lipinski definition) is 1. The van der Waals surface area contributed by atoms with Crippen LogP contribution in [0.4, 0.5) is 4.79 Å². The zero-order valence-corrected chi connectivity index (χ0v) is 13.6. The molecule has 2 aromatic rings. The second kappa shape index (κ2) is 8.22. The molecule has 0 fully saturated rings. The van der Waals surface area contributed by atoms with Crippen molar-refractivity contribution in [3.05, 3.63) is 65.7 Å². The summed E-state index contributed by atoms with van der Waals surface area (Å²) in [6, 6.07) is 16.9. The van der Waals surface area contributed by atoms with E-state index in [1.165, 1.54) is 0 Å². The maximum absolute atomic E-state index is 12.1. The Morgan fingerprint density at radius 3 is 2.39 bits per heavy atom. The smallest absolute Gasteiger partial charge is 0.410 e. The van der Waals surface area contributed by atoms with Gasteiger partial charge in [-0.3, -0.25) is 0 Å². The standard InChI is InChI=1S/C19H23NO3/c1-15(8-9-16-10-12-18(21)13-11-16)20(2)19(22)23-14-17-6-4-3-5-7-17/h3-7,10-13,15,21H,8-9,14H2,1-2H3. The molecule has 4 heteroatoms. The van der Waals surface area contributed by atoms with Crippen LogP contribution in [-0.2, 0) is 17.8 Å². The van der Waals surface area contributed by atoms with Crippen molar-refractivity contribution in [2.75, 3.05) is 7.05 Å². The number of aryl methyl sites for hydroxylation is 1. The molecular weight excluding hydrogens is 290 g/mol. The molecule has 0 saturated carbocycles. The third-order valence-electron chi connectivity index (χ3n) is 3.94. The zero-order chi connectivity index (χ0) is 16.7. The largest absolute Gasteiger partial charge is 0.508 e. The summed E-state index contributed by atoms with van der Waals surface area (Å²) in [6.45, 7) is 2.29. The van der Waals surface area contributed by atoms with Crippen molar-refractivity contribution >= 4 is 6.09 Å². The lowest BCUT2D eigenvalue weighted by Gasteiger charge is -2.24. The van der Waals surface area contributed by atoms with Crippen molar-refractivity contribution in [2.45, 2.75) is 32.4 Å². The average Bonchev–Trinajstić information content (AvgIpc) is 2.59. The third-order valence-corrected chi connectivity index (χ3v) is 3.94. The van der Waals surface area contributed by atoms with Gasteiger partial charge in [0, 0.05) is 13.1 Å². The molecule has 1 amide bonds. The molecule has 0 aliphatic heterocycles. The maximum atomic E-state index is 12.1. The molecule has 2 rings (SSSR count). The number of phenolic OH excluding ortho intramolecular Hbond substituents is 1. The minimum Gasteiger partial charge on any atom is -0.508 e. The average molecular weight is 313 g/mol. The van der Waals surface area contributed by atoms with Crippen LogP contribution in [0.2, 0.25) is 0 Å². The van der Waals surface area contributed by atoms with Gasteiger partial charge in [0.25, 0.3) is 0 Å². The quantitative estimate of drug-likeness (QED) is 0.877. The summed E-state index contributed by atoms with van der Waals surface area (Å²) in [5.74, 6) is 0.267. The summed E-state index contributed by atoms with van der Waals surface area (Å²) in [7, 11) is 1.76. The first-order valence-corrected chi connectivity index (χ1v) is 7.77. The lowest BCUT2D eigenvalue weighted by atomic mass is 10.1. The predicted molar refractivity (Wildman–Crippen MR) is 90.3 cm³/mol. The number of benzene rings is 2. The van der Waals surface area contributed by atoms with Crippen LogP contribution in [0.15, 0.2) is 54.6 Å². The van der Waals surface area contributed by atoms with E-state index in [1.54, 1.807) is 24.1 Å². The van der Waals surface area contributed by atoms with E-state index in [0.717, 1.165) is 24.0 Å². The Bertz CT molecular complexity index is 610. The van der Waals surface area contributed by atoms with E-state index < -0.39 is 0 Å². The SMILES string of the molecule is CC(CCc1ccc(O)cc1)N(C)C(=O)OCc1ccccc1. The number of amides is 1. The number of nitrogens with zero attached hydrogens (tertiary/aromatic N) is 1. The molecule has 0 spiro atoms. The predicted octanol–water partition coefficient (Wildman–Crippen LogP) is 3.98. The minimum absolute atomic E-state index is 0.0760. The van der Waals surface area contributed by atoms with Gasteiger partial charge in [-0.2, -0.15) is 0 Å². The minimum atomic E-state index is -0.313. The summed E-state index contributed by atoms with van der Waals surface area (Å²) in [4.78, 5) is 13.7.